The molecule has 0 fully saturated rings. The van der Waals surface area contributed by atoms with Crippen molar-refractivity contribution in [3.05, 3.63) is 53.6 Å². The summed E-state index contributed by atoms with van der Waals surface area (Å²) in [5.74, 6) is 4.22. The second-order valence-corrected chi connectivity index (χ2v) is 7.93. The number of nitrogens with one attached hydrogen (secondary N) is 1. The maximum atomic E-state index is 6.30. The zero-order chi connectivity index (χ0) is 19.4. The number of terminal acetylenes is 1. The van der Waals surface area contributed by atoms with E-state index in [1.165, 1.54) is 0 Å². The van der Waals surface area contributed by atoms with Gasteiger partial charge in [0, 0.05) is 30.4 Å². The lowest BCUT2D eigenvalue weighted by molar-refractivity contribution is 0.544. The molecular weight excluding hydrogens is 390 g/mol. The van der Waals surface area contributed by atoms with E-state index in [9.17, 15) is 0 Å². The zero-order valence-electron chi connectivity index (χ0n) is 15.1. The molecule has 0 unspecified atom stereocenters. The summed E-state index contributed by atoms with van der Waals surface area (Å²) in [6.07, 6.45) is 7.69. The van der Waals surface area contributed by atoms with Gasteiger partial charge in [-0.25, -0.2) is 9.97 Å². The van der Waals surface area contributed by atoms with E-state index < -0.39 is 0 Å². The van der Waals surface area contributed by atoms with Crippen LogP contribution in [0, 0.1) is 12.3 Å². The first-order valence-corrected chi connectivity index (χ1v) is 10.3. The third-order valence-electron chi connectivity index (χ3n) is 4.50. The molecule has 0 saturated carbocycles. The van der Waals surface area contributed by atoms with Gasteiger partial charge in [0.15, 0.2) is 10.8 Å². The molecule has 1 aliphatic rings. The van der Waals surface area contributed by atoms with Gasteiger partial charge in [0.05, 0.1) is 16.2 Å². The van der Waals surface area contributed by atoms with Gasteiger partial charge in [-0.15, -0.1) is 12.3 Å². The minimum absolute atomic E-state index is 0.283. The fourth-order valence-electron chi connectivity index (χ4n) is 2.88. The van der Waals surface area contributed by atoms with Crippen molar-refractivity contribution in [2.75, 3.05) is 11.1 Å². The highest BCUT2D eigenvalue weighted by Crippen LogP contribution is 2.38. The SMILES string of the molecule is C#CCCC1(CCSc2nc(Nc3ccccc3Cl)c3ccccc3n2)N=N1. The van der Waals surface area contributed by atoms with Crippen molar-refractivity contribution in [2.24, 2.45) is 10.2 Å². The van der Waals surface area contributed by atoms with Crippen molar-refractivity contribution in [1.82, 2.24) is 9.97 Å². The Labute approximate surface area is 173 Å². The summed E-state index contributed by atoms with van der Waals surface area (Å²) in [6.45, 7) is 0. The quantitative estimate of drug-likeness (QED) is 0.279. The molecule has 2 heterocycles. The van der Waals surface area contributed by atoms with Crippen LogP contribution in [0.4, 0.5) is 11.5 Å². The summed E-state index contributed by atoms with van der Waals surface area (Å²) in [5, 5.41) is 14.0. The molecule has 0 atom stereocenters. The molecule has 2 aromatic carbocycles. The monoisotopic (exact) mass is 407 g/mol. The Balaban J connectivity index is 1.53. The van der Waals surface area contributed by atoms with Gasteiger partial charge < -0.3 is 5.32 Å². The Morgan fingerprint density at radius 1 is 1.04 bits per heavy atom. The number of hydrogen-bond donors (Lipinski definition) is 1. The number of hydrogen-bond acceptors (Lipinski definition) is 6. The number of para-hydroxylation sites is 2. The van der Waals surface area contributed by atoms with Gasteiger partial charge in [-0.05, 0) is 24.3 Å². The average molecular weight is 408 g/mol. The molecule has 3 aromatic rings. The predicted octanol–water partition coefficient (Wildman–Crippen LogP) is 6.08. The number of halogens is 1. The van der Waals surface area contributed by atoms with Gasteiger partial charge in [0.2, 0.25) is 0 Å². The van der Waals surface area contributed by atoms with Crippen LogP contribution in [-0.2, 0) is 0 Å². The highest BCUT2D eigenvalue weighted by molar-refractivity contribution is 7.99. The summed E-state index contributed by atoms with van der Waals surface area (Å²) in [6, 6.07) is 15.5. The molecule has 1 N–H and O–H groups in total. The van der Waals surface area contributed by atoms with Crippen LogP contribution in [0.3, 0.4) is 0 Å². The van der Waals surface area contributed by atoms with E-state index >= 15 is 0 Å². The van der Waals surface area contributed by atoms with E-state index in [4.69, 9.17) is 23.0 Å². The van der Waals surface area contributed by atoms with E-state index in [0.29, 0.717) is 16.6 Å². The number of anilines is 2. The molecule has 1 aromatic heterocycles. The normalized spacial score (nSPS) is 14.0. The number of aromatic nitrogens is 2. The largest absolute Gasteiger partial charge is 0.338 e. The van der Waals surface area contributed by atoms with Crippen LogP contribution in [0.5, 0.6) is 0 Å². The molecule has 7 heteroatoms. The van der Waals surface area contributed by atoms with E-state index in [2.05, 4.69) is 26.4 Å². The van der Waals surface area contributed by atoms with Crippen molar-refractivity contribution in [3.63, 3.8) is 0 Å². The number of fused-ring (bicyclic) bond motifs is 1. The van der Waals surface area contributed by atoms with Crippen LogP contribution < -0.4 is 5.32 Å². The fourth-order valence-corrected chi connectivity index (χ4v) is 3.99. The summed E-state index contributed by atoms with van der Waals surface area (Å²) >= 11 is 7.90. The second kappa shape index (κ2) is 8.17. The van der Waals surface area contributed by atoms with Crippen molar-refractivity contribution in [2.45, 2.75) is 30.1 Å². The molecule has 5 nitrogen and oxygen atoms in total. The number of thioether (sulfide) groups is 1. The van der Waals surface area contributed by atoms with Crippen molar-refractivity contribution in [1.29, 1.82) is 0 Å². The van der Waals surface area contributed by atoms with Crippen LogP contribution in [0.1, 0.15) is 19.3 Å². The molecule has 0 saturated heterocycles. The molecular formula is C21H18ClN5S. The standard InChI is InChI=1S/C21H18ClN5S/c1-2-3-12-21(26-27-21)13-14-28-20-24-17-10-6-4-8-15(17)19(25-20)23-18-11-7-5-9-16(18)22/h1,4-11H,3,12-14H2,(H,23,24,25). The van der Waals surface area contributed by atoms with Crippen LogP contribution in [0.25, 0.3) is 10.9 Å². The second-order valence-electron chi connectivity index (χ2n) is 6.46. The topological polar surface area (TPSA) is 62.5 Å². The Bertz CT molecular complexity index is 1070. The minimum atomic E-state index is -0.283. The summed E-state index contributed by atoms with van der Waals surface area (Å²) in [5.41, 5.74) is 1.42. The first kappa shape index (κ1) is 18.7. The van der Waals surface area contributed by atoms with E-state index in [-0.39, 0.29) is 5.66 Å². The first-order valence-electron chi connectivity index (χ1n) is 8.98. The Kier molecular flexibility index (Phi) is 5.47. The fraction of sp³-hybridized carbons (Fsp3) is 0.238. The summed E-state index contributed by atoms with van der Waals surface area (Å²) in [4.78, 5) is 9.42. The van der Waals surface area contributed by atoms with Gasteiger partial charge in [-0.1, -0.05) is 47.6 Å². The van der Waals surface area contributed by atoms with Crippen molar-refractivity contribution >= 4 is 45.8 Å². The summed E-state index contributed by atoms with van der Waals surface area (Å²) in [7, 11) is 0. The third-order valence-corrected chi connectivity index (χ3v) is 5.67. The molecule has 4 rings (SSSR count). The number of rotatable bonds is 8. The minimum Gasteiger partial charge on any atom is -0.338 e. The lowest BCUT2D eigenvalue weighted by atomic mass is 10.1. The van der Waals surface area contributed by atoms with Gasteiger partial charge in [0.1, 0.15) is 5.82 Å². The van der Waals surface area contributed by atoms with Crippen LogP contribution in [-0.4, -0.2) is 21.4 Å². The molecule has 0 amide bonds. The highest BCUT2D eigenvalue weighted by Gasteiger charge is 2.38. The molecule has 1 aliphatic heterocycles. The van der Waals surface area contributed by atoms with Gasteiger partial charge in [0.25, 0.3) is 0 Å². The predicted molar refractivity (Wildman–Crippen MR) is 115 cm³/mol. The maximum Gasteiger partial charge on any atom is 0.192 e. The lowest BCUT2D eigenvalue weighted by Crippen LogP contribution is -2.11. The first-order chi connectivity index (χ1) is 13.7. The van der Waals surface area contributed by atoms with E-state index in [1.807, 2.05) is 48.5 Å². The highest BCUT2D eigenvalue weighted by atomic mass is 35.5. The smallest absolute Gasteiger partial charge is 0.192 e. The van der Waals surface area contributed by atoms with E-state index in [1.54, 1.807) is 11.8 Å². The van der Waals surface area contributed by atoms with Crippen molar-refractivity contribution in [3.8, 4) is 12.3 Å². The van der Waals surface area contributed by atoms with E-state index in [0.717, 1.165) is 41.0 Å². The molecule has 140 valence electrons. The number of benzene rings is 2. The molecule has 0 radical (unpaired) electrons. The summed E-state index contributed by atoms with van der Waals surface area (Å²) < 4.78 is 0. The van der Waals surface area contributed by atoms with Crippen LogP contribution >= 0.6 is 23.4 Å². The third kappa shape index (κ3) is 4.27. The lowest BCUT2D eigenvalue weighted by Gasteiger charge is -2.12. The Morgan fingerprint density at radius 3 is 2.61 bits per heavy atom. The Hall–Kier alpha value is -2.62. The molecule has 0 aliphatic carbocycles. The van der Waals surface area contributed by atoms with Crippen LogP contribution in [0.2, 0.25) is 5.02 Å². The van der Waals surface area contributed by atoms with Crippen LogP contribution in [0.15, 0.2) is 63.9 Å². The van der Waals surface area contributed by atoms with Gasteiger partial charge in [-0.2, -0.15) is 10.2 Å². The van der Waals surface area contributed by atoms with Gasteiger partial charge in [-0.3, -0.25) is 0 Å². The maximum absolute atomic E-state index is 6.30. The zero-order valence-corrected chi connectivity index (χ0v) is 16.7. The average Bonchev–Trinajstić information content (AvgIpc) is 3.48. The number of nitrogens with zero attached hydrogens (tertiary/aromatic N) is 4. The van der Waals surface area contributed by atoms with Gasteiger partial charge >= 0.3 is 0 Å². The Morgan fingerprint density at radius 2 is 1.82 bits per heavy atom. The molecule has 28 heavy (non-hydrogen) atoms. The molecule has 0 spiro atoms. The van der Waals surface area contributed by atoms with Crippen molar-refractivity contribution < 1.29 is 0 Å². The molecule has 0 bridgehead atoms.